The summed E-state index contributed by atoms with van der Waals surface area (Å²) in [4.78, 5) is 28.3. The molecule has 0 radical (unpaired) electrons. The Morgan fingerprint density at radius 3 is 2.63 bits per heavy atom. The number of H-pyrrole nitrogens is 1. The van der Waals surface area contributed by atoms with Gasteiger partial charge in [0.15, 0.2) is 17.5 Å². The van der Waals surface area contributed by atoms with Crippen LogP contribution in [0.15, 0.2) is 35.3 Å². The molecule has 1 saturated heterocycles. The summed E-state index contributed by atoms with van der Waals surface area (Å²) in [7, 11) is 0. The zero-order valence-corrected chi connectivity index (χ0v) is 24.6. The molecule has 3 heterocycles. The van der Waals surface area contributed by atoms with E-state index in [4.69, 9.17) is 9.47 Å². The number of aromatic nitrogens is 3. The van der Waals surface area contributed by atoms with Crippen LogP contribution in [0.5, 0.6) is 0 Å². The molecule has 10 nitrogen and oxygen atoms in total. The van der Waals surface area contributed by atoms with E-state index in [-0.39, 0.29) is 42.6 Å². The molecular weight excluding hydrogens is 567 g/mol. The average molecular weight is 602 g/mol. The fourth-order valence-electron chi connectivity index (χ4n) is 6.23. The first-order chi connectivity index (χ1) is 19.9. The van der Waals surface area contributed by atoms with E-state index in [1.54, 1.807) is 31.5 Å². The smallest absolute Gasteiger partial charge is 0.421 e. The Labute approximate surface area is 245 Å². The standard InChI is InChI=1S/C30H34F3N5O5/c1-26(2,3)43-25(40)21-8-10-28(11-12-34,16-42-21)38-20-9-13-35-24(39)22(20)23(37-38)36-18-6-7-19-17(14-18)15-27(4,5)29(19,41)30(31,32)33/h6-7,9,13-14,21,41H,8,10-11,15-16H2,1-5H3,(H,35,39)(H,36,37)/t21-,28-,29+/m0/s1. The Balaban J connectivity index is 1.51. The van der Waals surface area contributed by atoms with Crippen molar-refractivity contribution in [3.63, 3.8) is 0 Å². The number of nitriles is 1. The van der Waals surface area contributed by atoms with Crippen molar-refractivity contribution in [3.05, 3.63) is 51.9 Å². The predicted molar refractivity (Wildman–Crippen MR) is 151 cm³/mol. The lowest BCUT2D eigenvalue weighted by Gasteiger charge is -2.39. The molecular formula is C30H34F3N5O5. The Morgan fingerprint density at radius 2 is 2.02 bits per heavy atom. The third-order valence-electron chi connectivity index (χ3n) is 8.34. The van der Waals surface area contributed by atoms with Crippen molar-refractivity contribution < 1.29 is 32.5 Å². The van der Waals surface area contributed by atoms with Gasteiger partial charge in [-0.1, -0.05) is 19.9 Å². The van der Waals surface area contributed by atoms with Crippen LogP contribution in [0.4, 0.5) is 24.7 Å². The molecule has 1 aliphatic carbocycles. The lowest BCUT2D eigenvalue weighted by molar-refractivity contribution is -0.299. The maximum absolute atomic E-state index is 14.0. The van der Waals surface area contributed by atoms with Gasteiger partial charge in [0.25, 0.3) is 5.56 Å². The zero-order chi connectivity index (χ0) is 31.6. The number of carbonyl (C=O) groups excluding carboxylic acids is 1. The number of anilines is 2. The number of nitrogens with one attached hydrogen (secondary N) is 2. The van der Waals surface area contributed by atoms with Gasteiger partial charge in [0.05, 0.1) is 30.2 Å². The number of aliphatic hydroxyl groups is 1. The molecule has 0 amide bonds. The van der Waals surface area contributed by atoms with E-state index in [1.165, 1.54) is 38.2 Å². The lowest BCUT2D eigenvalue weighted by Crippen LogP contribution is -2.50. The highest BCUT2D eigenvalue weighted by molar-refractivity contribution is 5.91. The monoisotopic (exact) mass is 601 g/mol. The van der Waals surface area contributed by atoms with Crippen molar-refractivity contribution in [3.8, 4) is 6.07 Å². The number of alkyl halides is 3. The number of halogens is 3. The van der Waals surface area contributed by atoms with E-state index in [0.717, 1.165) is 0 Å². The second-order valence-electron chi connectivity index (χ2n) is 13.0. The number of hydrogen-bond acceptors (Lipinski definition) is 8. The van der Waals surface area contributed by atoms with E-state index >= 15 is 0 Å². The molecule has 1 fully saturated rings. The van der Waals surface area contributed by atoms with Crippen LogP contribution < -0.4 is 10.9 Å². The molecule has 3 aromatic rings. The van der Waals surface area contributed by atoms with E-state index in [2.05, 4.69) is 21.5 Å². The van der Waals surface area contributed by atoms with Crippen molar-refractivity contribution in [2.45, 2.75) is 89.3 Å². The number of fused-ring (bicyclic) bond motifs is 2. The van der Waals surface area contributed by atoms with E-state index in [1.807, 2.05) is 0 Å². The van der Waals surface area contributed by atoms with Gasteiger partial charge in [0, 0.05) is 17.3 Å². The van der Waals surface area contributed by atoms with E-state index < -0.39 is 46.0 Å². The van der Waals surface area contributed by atoms with Crippen molar-refractivity contribution in [2.75, 3.05) is 11.9 Å². The quantitative estimate of drug-likeness (QED) is 0.350. The first kappa shape index (κ1) is 30.6. The number of aromatic amines is 1. The number of ether oxygens (including phenoxy) is 2. The Hall–Kier alpha value is -3.89. The summed E-state index contributed by atoms with van der Waals surface area (Å²) in [6.07, 6.45) is -3.70. The van der Waals surface area contributed by atoms with Gasteiger partial charge in [0.1, 0.15) is 11.0 Å². The topological polar surface area (TPSA) is 142 Å². The van der Waals surface area contributed by atoms with Gasteiger partial charge in [0.2, 0.25) is 0 Å². The van der Waals surface area contributed by atoms with Crippen LogP contribution >= 0.6 is 0 Å². The largest absolute Gasteiger partial charge is 0.458 e. The maximum Gasteiger partial charge on any atom is 0.421 e. The second-order valence-corrected chi connectivity index (χ2v) is 13.0. The minimum absolute atomic E-state index is 0.0227. The van der Waals surface area contributed by atoms with Gasteiger partial charge in [-0.25, -0.2) is 4.79 Å². The number of hydrogen-bond donors (Lipinski definition) is 3. The first-order valence-electron chi connectivity index (χ1n) is 13.9. The van der Waals surface area contributed by atoms with Crippen molar-refractivity contribution in [1.82, 2.24) is 14.8 Å². The highest BCUT2D eigenvalue weighted by Crippen LogP contribution is 2.58. The number of pyridine rings is 1. The van der Waals surface area contributed by atoms with Gasteiger partial charge in [-0.2, -0.15) is 23.5 Å². The summed E-state index contributed by atoms with van der Waals surface area (Å²) in [6, 6.07) is 7.98. The molecule has 2 aliphatic rings. The number of esters is 1. The summed E-state index contributed by atoms with van der Waals surface area (Å²) in [5.41, 5.74) is -5.79. The number of rotatable bonds is 5. The summed E-state index contributed by atoms with van der Waals surface area (Å²) < 4.78 is 55.0. The van der Waals surface area contributed by atoms with Crippen LogP contribution in [0, 0.1) is 16.7 Å². The minimum atomic E-state index is -4.88. The van der Waals surface area contributed by atoms with Gasteiger partial charge in [-0.15, -0.1) is 0 Å². The molecule has 0 spiro atoms. The molecule has 3 atom stereocenters. The SMILES string of the molecule is CC(C)(C)OC(=O)[C@@H]1CC[C@@](CC#N)(n2nc(Nc3ccc4c(c3)CC(C)(C)[C@@]4(O)C(F)(F)F)c3c(=O)[nH]ccc32)CO1. The van der Waals surface area contributed by atoms with Crippen LogP contribution in [0.1, 0.15) is 65.0 Å². The molecule has 1 aromatic carbocycles. The van der Waals surface area contributed by atoms with Crippen molar-refractivity contribution in [1.29, 1.82) is 5.26 Å². The van der Waals surface area contributed by atoms with Crippen LogP contribution in [0.2, 0.25) is 0 Å². The highest BCUT2D eigenvalue weighted by Gasteiger charge is 2.66. The van der Waals surface area contributed by atoms with Crippen LogP contribution in [0.3, 0.4) is 0 Å². The second kappa shape index (κ2) is 10.1. The minimum Gasteiger partial charge on any atom is -0.458 e. The summed E-state index contributed by atoms with van der Waals surface area (Å²) in [6.45, 7) is 7.97. The molecule has 5 rings (SSSR count). The van der Waals surface area contributed by atoms with Gasteiger partial charge >= 0.3 is 12.1 Å². The van der Waals surface area contributed by atoms with Crippen molar-refractivity contribution >= 4 is 28.4 Å². The number of benzene rings is 1. The molecule has 230 valence electrons. The molecule has 1 aliphatic heterocycles. The number of nitrogens with zero attached hydrogens (tertiary/aromatic N) is 3. The van der Waals surface area contributed by atoms with Crippen LogP contribution in [-0.2, 0) is 31.8 Å². The van der Waals surface area contributed by atoms with E-state index in [9.17, 15) is 33.1 Å². The third kappa shape index (κ3) is 5.06. The number of carbonyl (C=O) groups is 1. The highest BCUT2D eigenvalue weighted by atomic mass is 19.4. The van der Waals surface area contributed by atoms with Crippen LogP contribution in [-0.4, -0.2) is 50.3 Å². The van der Waals surface area contributed by atoms with Gasteiger partial charge in [-0.05, 0) is 69.4 Å². The molecule has 0 unspecified atom stereocenters. The molecule has 0 bridgehead atoms. The average Bonchev–Trinajstić information content (AvgIpc) is 3.36. The maximum atomic E-state index is 14.0. The fraction of sp³-hybridized carbons (Fsp3) is 0.533. The molecule has 13 heteroatoms. The molecule has 3 N–H and O–H groups in total. The summed E-state index contributed by atoms with van der Waals surface area (Å²) in [5.74, 6) is -0.369. The Morgan fingerprint density at radius 1 is 1.30 bits per heavy atom. The molecule has 2 aromatic heterocycles. The fourth-order valence-corrected chi connectivity index (χ4v) is 6.23. The Kier molecular flexibility index (Phi) is 7.17. The van der Waals surface area contributed by atoms with Crippen molar-refractivity contribution in [2.24, 2.45) is 5.41 Å². The van der Waals surface area contributed by atoms with Crippen LogP contribution in [0.25, 0.3) is 10.9 Å². The zero-order valence-electron chi connectivity index (χ0n) is 24.6. The molecule has 43 heavy (non-hydrogen) atoms. The Bertz CT molecular complexity index is 1670. The summed E-state index contributed by atoms with van der Waals surface area (Å²) in [5, 5.41) is 28.5. The van der Waals surface area contributed by atoms with Gasteiger partial charge in [-0.3, -0.25) is 9.48 Å². The first-order valence-corrected chi connectivity index (χ1v) is 13.9. The molecule has 0 saturated carbocycles. The normalized spacial score (nSPS) is 25.3. The lowest BCUT2D eigenvalue weighted by atomic mass is 9.75. The third-order valence-corrected chi connectivity index (χ3v) is 8.34. The van der Waals surface area contributed by atoms with Gasteiger partial charge < -0.3 is 24.9 Å². The summed E-state index contributed by atoms with van der Waals surface area (Å²) >= 11 is 0. The van der Waals surface area contributed by atoms with E-state index in [0.29, 0.717) is 23.2 Å². The predicted octanol–water partition coefficient (Wildman–Crippen LogP) is 4.93.